The van der Waals surface area contributed by atoms with Gasteiger partial charge in [-0.3, -0.25) is 4.79 Å². The summed E-state index contributed by atoms with van der Waals surface area (Å²) in [6.45, 7) is 2.50. The maximum absolute atomic E-state index is 12.2. The molecule has 2 rings (SSSR count). The number of amides is 1. The maximum Gasteiger partial charge on any atom is 0.253 e. The molecular weight excluding hydrogens is 299 g/mol. The van der Waals surface area contributed by atoms with Crippen LogP contribution < -0.4 is 11.1 Å². The molecule has 0 fully saturated rings. The highest BCUT2D eigenvalue weighted by molar-refractivity contribution is 6.44. The van der Waals surface area contributed by atoms with Crippen LogP contribution in [-0.4, -0.2) is 21.5 Å². The minimum Gasteiger partial charge on any atom is -0.399 e. The molecule has 0 aliphatic rings. The van der Waals surface area contributed by atoms with Crippen LogP contribution in [-0.2, 0) is 6.54 Å². The molecule has 106 valence electrons. The zero-order valence-corrected chi connectivity index (χ0v) is 12.3. The van der Waals surface area contributed by atoms with Crippen LogP contribution in [0.5, 0.6) is 0 Å². The maximum atomic E-state index is 12.2. The predicted octanol–water partition coefficient (Wildman–Crippen LogP) is 2.59. The number of rotatable bonds is 4. The van der Waals surface area contributed by atoms with Gasteiger partial charge in [-0.1, -0.05) is 23.2 Å². The van der Waals surface area contributed by atoms with E-state index >= 15 is 0 Å². The minimum atomic E-state index is -0.309. The van der Waals surface area contributed by atoms with Crippen molar-refractivity contribution < 1.29 is 4.79 Å². The summed E-state index contributed by atoms with van der Waals surface area (Å²) in [7, 11) is 0. The summed E-state index contributed by atoms with van der Waals surface area (Å²) in [6, 6.07) is 2.93. The Morgan fingerprint density at radius 2 is 2.25 bits per heavy atom. The van der Waals surface area contributed by atoms with Crippen LogP contribution in [0.2, 0.25) is 10.0 Å². The van der Waals surface area contributed by atoms with Gasteiger partial charge < -0.3 is 15.6 Å². The largest absolute Gasteiger partial charge is 0.399 e. The third kappa shape index (κ3) is 3.43. The summed E-state index contributed by atoms with van der Waals surface area (Å²) in [5.74, 6) is -0.309. The van der Waals surface area contributed by atoms with Crippen LogP contribution in [0.4, 0.5) is 5.69 Å². The van der Waals surface area contributed by atoms with Gasteiger partial charge in [0.2, 0.25) is 0 Å². The molecule has 0 radical (unpaired) electrons. The SMILES string of the molecule is CC(Cn1ccnc1)NC(=O)c1cc(N)cc(Cl)c1Cl. The van der Waals surface area contributed by atoms with E-state index in [0.29, 0.717) is 12.2 Å². The van der Waals surface area contributed by atoms with E-state index < -0.39 is 0 Å². The Morgan fingerprint density at radius 1 is 1.50 bits per heavy atom. The number of nitrogens with one attached hydrogen (secondary N) is 1. The Kier molecular flexibility index (Phi) is 4.52. The van der Waals surface area contributed by atoms with Crippen molar-refractivity contribution in [1.82, 2.24) is 14.9 Å². The van der Waals surface area contributed by atoms with Gasteiger partial charge in [0.1, 0.15) is 0 Å². The second-order valence-electron chi connectivity index (χ2n) is 4.50. The molecule has 0 bridgehead atoms. The van der Waals surface area contributed by atoms with Crippen molar-refractivity contribution in [2.75, 3.05) is 5.73 Å². The molecule has 7 heteroatoms. The molecule has 1 amide bonds. The van der Waals surface area contributed by atoms with E-state index in [1.807, 2.05) is 17.7 Å². The molecule has 0 saturated heterocycles. The summed E-state index contributed by atoms with van der Waals surface area (Å²) >= 11 is 11.9. The lowest BCUT2D eigenvalue weighted by atomic mass is 10.1. The lowest BCUT2D eigenvalue weighted by Gasteiger charge is -2.15. The molecule has 1 aromatic carbocycles. The normalized spacial score (nSPS) is 12.2. The average molecular weight is 313 g/mol. The smallest absolute Gasteiger partial charge is 0.253 e. The number of benzene rings is 1. The highest BCUT2D eigenvalue weighted by Crippen LogP contribution is 2.28. The zero-order valence-electron chi connectivity index (χ0n) is 10.8. The van der Waals surface area contributed by atoms with Gasteiger partial charge in [-0.05, 0) is 19.1 Å². The Hall–Kier alpha value is -1.72. The molecule has 3 N–H and O–H groups in total. The van der Waals surface area contributed by atoms with E-state index in [2.05, 4.69) is 10.3 Å². The summed E-state index contributed by atoms with van der Waals surface area (Å²) in [4.78, 5) is 16.1. The van der Waals surface area contributed by atoms with Gasteiger partial charge in [-0.2, -0.15) is 0 Å². The highest BCUT2D eigenvalue weighted by Gasteiger charge is 2.16. The molecule has 1 unspecified atom stereocenters. The fourth-order valence-corrected chi connectivity index (χ4v) is 2.26. The molecule has 0 saturated carbocycles. The number of hydrogen-bond acceptors (Lipinski definition) is 3. The Labute approximate surface area is 126 Å². The molecular formula is C13H14Cl2N4O. The van der Waals surface area contributed by atoms with Crippen LogP contribution >= 0.6 is 23.2 Å². The summed E-state index contributed by atoms with van der Waals surface area (Å²) in [6.07, 6.45) is 5.20. The number of halogens is 2. The lowest BCUT2D eigenvalue weighted by Crippen LogP contribution is -2.35. The predicted molar refractivity (Wildman–Crippen MR) is 80.0 cm³/mol. The van der Waals surface area contributed by atoms with Crippen LogP contribution in [0.15, 0.2) is 30.9 Å². The van der Waals surface area contributed by atoms with Crippen LogP contribution in [0.25, 0.3) is 0 Å². The number of nitrogens with two attached hydrogens (primary N) is 1. The topological polar surface area (TPSA) is 72.9 Å². The Bertz CT molecular complexity index is 613. The van der Waals surface area contributed by atoms with E-state index in [0.717, 1.165) is 0 Å². The van der Waals surface area contributed by atoms with Gasteiger partial charge in [0.05, 0.1) is 21.9 Å². The molecule has 20 heavy (non-hydrogen) atoms. The molecule has 5 nitrogen and oxygen atoms in total. The first-order valence-corrected chi connectivity index (χ1v) is 6.74. The second-order valence-corrected chi connectivity index (χ2v) is 5.28. The van der Waals surface area contributed by atoms with Crippen molar-refractivity contribution in [2.45, 2.75) is 19.5 Å². The molecule has 1 aromatic heterocycles. The Balaban J connectivity index is 2.08. The number of carbonyl (C=O) groups excluding carboxylic acids is 1. The summed E-state index contributed by atoms with van der Waals surface area (Å²) < 4.78 is 1.87. The number of nitrogens with zero attached hydrogens (tertiary/aromatic N) is 2. The summed E-state index contributed by atoms with van der Waals surface area (Å²) in [5, 5.41) is 3.31. The molecule has 1 atom stereocenters. The first kappa shape index (κ1) is 14.7. The van der Waals surface area contributed by atoms with Crippen LogP contribution in [0, 0.1) is 0 Å². The van der Waals surface area contributed by atoms with Gasteiger partial charge in [-0.25, -0.2) is 4.98 Å². The van der Waals surface area contributed by atoms with Crippen molar-refractivity contribution in [1.29, 1.82) is 0 Å². The third-order valence-electron chi connectivity index (χ3n) is 2.72. The van der Waals surface area contributed by atoms with Crippen molar-refractivity contribution in [3.63, 3.8) is 0 Å². The zero-order chi connectivity index (χ0) is 14.7. The highest BCUT2D eigenvalue weighted by atomic mass is 35.5. The fraction of sp³-hybridized carbons (Fsp3) is 0.231. The van der Waals surface area contributed by atoms with Crippen LogP contribution in [0.1, 0.15) is 17.3 Å². The van der Waals surface area contributed by atoms with Crippen molar-refractivity contribution in [3.05, 3.63) is 46.5 Å². The minimum absolute atomic E-state index is 0.0898. The molecule has 2 aromatic rings. The fourth-order valence-electron chi connectivity index (χ4n) is 1.83. The third-order valence-corrected chi connectivity index (χ3v) is 3.52. The van der Waals surface area contributed by atoms with E-state index in [1.54, 1.807) is 12.5 Å². The average Bonchev–Trinajstić information content (AvgIpc) is 2.86. The standard InChI is InChI=1S/C13H14Cl2N4O/c1-8(6-19-3-2-17-7-19)18-13(20)10-4-9(16)5-11(14)12(10)15/h2-5,7-8H,6,16H2,1H3,(H,18,20). The second kappa shape index (κ2) is 6.15. The number of carbonyl (C=O) groups is 1. The van der Waals surface area contributed by atoms with E-state index in [-0.39, 0.29) is 27.6 Å². The van der Waals surface area contributed by atoms with Gasteiger partial charge in [0, 0.05) is 30.7 Å². The molecule has 0 spiro atoms. The van der Waals surface area contributed by atoms with E-state index in [9.17, 15) is 4.79 Å². The van der Waals surface area contributed by atoms with Gasteiger partial charge in [0.15, 0.2) is 0 Å². The Morgan fingerprint density at radius 3 is 2.90 bits per heavy atom. The molecule has 0 aliphatic carbocycles. The number of anilines is 1. The number of aromatic nitrogens is 2. The van der Waals surface area contributed by atoms with Crippen LogP contribution in [0.3, 0.4) is 0 Å². The monoisotopic (exact) mass is 312 g/mol. The van der Waals surface area contributed by atoms with Crippen molar-refractivity contribution in [2.24, 2.45) is 0 Å². The quantitative estimate of drug-likeness (QED) is 0.852. The van der Waals surface area contributed by atoms with Gasteiger partial charge >= 0.3 is 0 Å². The first-order chi connectivity index (χ1) is 9.47. The van der Waals surface area contributed by atoms with E-state index in [4.69, 9.17) is 28.9 Å². The van der Waals surface area contributed by atoms with Gasteiger partial charge in [0.25, 0.3) is 5.91 Å². The summed E-state index contributed by atoms with van der Waals surface area (Å²) in [5.41, 5.74) is 6.34. The number of imidazole rings is 1. The van der Waals surface area contributed by atoms with E-state index in [1.165, 1.54) is 12.1 Å². The molecule has 1 heterocycles. The molecule has 0 aliphatic heterocycles. The first-order valence-electron chi connectivity index (χ1n) is 5.98. The van der Waals surface area contributed by atoms with Crippen molar-refractivity contribution in [3.8, 4) is 0 Å². The number of hydrogen-bond donors (Lipinski definition) is 2. The van der Waals surface area contributed by atoms with Crippen molar-refractivity contribution >= 4 is 34.8 Å². The number of nitrogen functional groups attached to an aromatic ring is 1. The van der Waals surface area contributed by atoms with Gasteiger partial charge in [-0.15, -0.1) is 0 Å². The lowest BCUT2D eigenvalue weighted by molar-refractivity contribution is 0.0937.